The SMILES string of the molecule is O=C(O)CCc1cc2n(n1)CCN(Cc1ccc(C(F)(F)F)nc1)C2. The number of aromatic nitrogens is 3. The molecule has 1 aliphatic heterocycles. The van der Waals surface area contributed by atoms with Crippen LogP contribution in [-0.4, -0.2) is 37.3 Å². The summed E-state index contributed by atoms with van der Waals surface area (Å²) >= 11 is 0. The molecule has 3 rings (SSSR count). The number of pyridine rings is 1. The van der Waals surface area contributed by atoms with E-state index in [0.29, 0.717) is 38.2 Å². The molecule has 0 aromatic carbocycles. The largest absolute Gasteiger partial charge is 0.481 e. The molecule has 25 heavy (non-hydrogen) atoms. The van der Waals surface area contributed by atoms with E-state index in [1.165, 1.54) is 12.3 Å². The number of hydrogen-bond donors (Lipinski definition) is 1. The Kier molecular flexibility index (Phi) is 4.76. The van der Waals surface area contributed by atoms with Crippen LogP contribution in [0.25, 0.3) is 0 Å². The molecule has 0 radical (unpaired) electrons. The quantitative estimate of drug-likeness (QED) is 0.892. The molecule has 0 unspecified atom stereocenters. The Morgan fingerprint density at radius 3 is 2.72 bits per heavy atom. The van der Waals surface area contributed by atoms with Crippen molar-refractivity contribution in [3.63, 3.8) is 0 Å². The van der Waals surface area contributed by atoms with Crippen molar-refractivity contribution < 1.29 is 23.1 Å². The summed E-state index contributed by atoms with van der Waals surface area (Å²) in [6, 6.07) is 4.33. The molecule has 0 amide bonds. The van der Waals surface area contributed by atoms with E-state index >= 15 is 0 Å². The minimum absolute atomic E-state index is 0.0391. The van der Waals surface area contributed by atoms with Crippen LogP contribution in [0.2, 0.25) is 0 Å². The summed E-state index contributed by atoms with van der Waals surface area (Å²) in [6.45, 7) is 2.49. The fourth-order valence-electron chi connectivity index (χ4n) is 2.82. The molecule has 0 saturated heterocycles. The molecule has 0 aliphatic carbocycles. The van der Waals surface area contributed by atoms with Crippen LogP contribution in [0.3, 0.4) is 0 Å². The highest BCUT2D eigenvalue weighted by Gasteiger charge is 2.32. The molecule has 0 fully saturated rings. The summed E-state index contributed by atoms with van der Waals surface area (Å²) in [6.07, 6.45) is -2.74. The number of nitrogens with zero attached hydrogens (tertiary/aromatic N) is 4. The van der Waals surface area contributed by atoms with Crippen LogP contribution in [0.4, 0.5) is 13.2 Å². The number of carboxylic acid groups (broad SMARTS) is 1. The molecule has 0 atom stereocenters. The minimum atomic E-state index is -4.43. The average Bonchev–Trinajstić information content (AvgIpc) is 2.95. The van der Waals surface area contributed by atoms with Crippen molar-refractivity contribution in [2.45, 2.75) is 38.7 Å². The van der Waals surface area contributed by atoms with Crippen molar-refractivity contribution in [2.75, 3.05) is 6.54 Å². The van der Waals surface area contributed by atoms with Crippen molar-refractivity contribution >= 4 is 5.97 Å². The monoisotopic (exact) mass is 354 g/mol. The van der Waals surface area contributed by atoms with Gasteiger partial charge in [0.2, 0.25) is 0 Å². The number of alkyl halides is 3. The van der Waals surface area contributed by atoms with Gasteiger partial charge in [-0.2, -0.15) is 18.3 Å². The fraction of sp³-hybridized carbons (Fsp3) is 0.438. The first-order valence-corrected chi connectivity index (χ1v) is 7.83. The Morgan fingerprint density at radius 1 is 1.28 bits per heavy atom. The third-order valence-electron chi connectivity index (χ3n) is 4.04. The summed E-state index contributed by atoms with van der Waals surface area (Å²) in [5.41, 5.74) is 1.55. The average molecular weight is 354 g/mol. The lowest BCUT2D eigenvalue weighted by atomic mass is 10.2. The molecule has 0 spiro atoms. The van der Waals surface area contributed by atoms with Gasteiger partial charge in [-0.1, -0.05) is 6.07 Å². The third kappa shape index (κ3) is 4.36. The van der Waals surface area contributed by atoms with Crippen LogP contribution in [-0.2, 0) is 37.0 Å². The number of carboxylic acids is 1. The Bertz CT molecular complexity index is 756. The van der Waals surface area contributed by atoms with Gasteiger partial charge in [0.15, 0.2) is 0 Å². The highest BCUT2D eigenvalue weighted by atomic mass is 19.4. The van der Waals surface area contributed by atoms with Crippen LogP contribution < -0.4 is 0 Å². The number of fused-ring (bicyclic) bond motifs is 1. The van der Waals surface area contributed by atoms with Crippen LogP contribution >= 0.6 is 0 Å². The van der Waals surface area contributed by atoms with Gasteiger partial charge in [-0.15, -0.1) is 0 Å². The third-order valence-corrected chi connectivity index (χ3v) is 4.04. The highest BCUT2D eigenvalue weighted by molar-refractivity contribution is 5.66. The smallest absolute Gasteiger partial charge is 0.433 e. The number of carbonyl (C=O) groups is 1. The van der Waals surface area contributed by atoms with E-state index < -0.39 is 17.8 Å². The molecular weight excluding hydrogens is 337 g/mol. The molecule has 6 nitrogen and oxygen atoms in total. The maximum atomic E-state index is 12.5. The molecule has 9 heteroatoms. The molecular formula is C16H17F3N4O2. The lowest BCUT2D eigenvalue weighted by molar-refractivity contribution is -0.141. The van der Waals surface area contributed by atoms with E-state index in [2.05, 4.69) is 15.0 Å². The van der Waals surface area contributed by atoms with Gasteiger partial charge >= 0.3 is 12.1 Å². The van der Waals surface area contributed by atoms with Crippen LogP contribution in [0.5, 0.6) is 0 Å². The summed E-state index contributed by atoms with van der Waals surface area (Å²) in [5.74, 6) is -0.859. The van der Waals surface area contributed by atoms with Crippen LogP contribution in [0.1, 0.15) is 29.1 Å². The summed E-state index contributed by atoms with van der Waals surface area (Å²) in [5, 5.41) is 13.1. The lowest BCUT2D eigenvalue weighted by Crippen LogP contribution is -2.33. The first-order valence-electron chi connectivity index (χ1n) is 7.83. The van der Waals surface area contributed by atoms with Crippen molar-refractivity contribution in [2.24, 2.45) is 0 Å². The van der Waals surface area contributed by atoms with E-state index in [-0.39, 0.29) is 6.42 Å². The topological polar surface area (TPSA) is 71.2 Å². The van der Waals surface area contributed by atoms with E-state index in [9.17, 15) is 18.0 Å². The Morgan fingerprint density at radius 2 is 2.08 bits per heavy atom. The summed E-state index contributed by atoms with van der Waals surface area (Å²) in [7, 11) is 0. The predicted molar refractivity (Wildman–Crippen MR) is 81.5 cm³/mol. The van der Waals surface area contributed by atoms with E-state index in [0.717, 1.165) is 17.5 Å². The van der Waals surface area contributed by atoms with Gasteiger partial charge in [0.25, 0.3) is 0 Å². The number of aliphatic carboxylic acids is 1. The van der Waals surface area contributed by atoms with E-state index in [1.54, 1.807) is 0 Å². The van der Waals surface area contributed by atoms with Crippen LogP contribution in [0, 0.1) is 0 Å². The van der Waals surface area contributed by atoms with Crippen molar-refractivity contribution in [3.05, 3.63) is 47.0 Å². The van der Waals surface area contributed by atoms with Gasteiger partial charge < -0.3 is 5.11 Å². The first-order chi connectivity index (χ1) is 11.8. The Balaban J connectivity index is 1.62. The molecule has 0 bridgehead atoms. The van der Waals surface area contributed by atoms with Crippen molar-refractivity contribution in [1.82, 2.24) is 19.7 Å². The first kappa shape index (κ1) is 17.4. The standard InChI is InChI=1S/C16H17F3N4O2/c17-16(18,19)14-3-1-11(8-20-14)9-22-5-6-23-13(10-22)7-12(21-23)2-4-15(24)25/h1,3,7-8H,2,4-6,9-10H2,(H,24,25). The van der Waals surface area contributed by atoms with Gasteiger partial charge in [-0.05, 0) is 17.7 Å². The van der Waals surface area contributed by atoms with Gasteiger partial charge in [0.1, 0.15) is 5.69 Å². The number of rotatable bonds is 5. The summed E-state index contributed by atoms with van der Waals surface area (Å²) in [4.78, 5) is 16.2. The minimum Gasteiger partial charge on any atom is -0.481 e. The maximum Gasteiger partial charge on any atom is 0.433 e. The second kappa shape index (κ2) is 6.83. The zero-order valence-electron chi connectivity index (χ0n) is 13.3. The van der Waals surface area contributed by atoms with Gasteiger partial charge in [-0.3, -0.25) is 19.4 Å². The van der Waals surface area contributed by atoms with Crippen molar-refractivity contribution in [3.8, 4) is 0 Å². The molecule has 134 valence electrons. The van der Waals surface area contributed by atoms with Gasteiger partial charge in [0.05, 0.1) is 24.4 Å². The molecule has 0 saturated carbocycles. The molecule has 2 aromatic heterocycles. The maximum absolute atomic E-state index is 12.5. The van der Waals surface area contributed by atoms with Crippen LogP contribution in [0.15, 0.2) is 24.4 Å². The zero-order valence-corrected chi connectivity index (χ0v) is 13.3. The molecule has 2 aromatic rings. The Hall–Kier alpha value is -2.42. The lowest BCUT2D eigenvalue weighted by Gasteiger charge is -2.27. The fourth-order valence-corrected chi connectivity index (χ4v) is 2.82. The normalized spacial score (nSPS) is 15.2. The number of hydrogen-bond acceptors (Lipinski definition) is 4. The number of halogens is 3. The second-order valence-electron chi connectivity index (χ2n) is 6.00. The highest BCUT2D eigenvalue weighted by Crippen LogP contribution is 2.27. The van der Waals surface area contributed by atoms with E-state index in [4.69, 9.17) is 5.11 Å². The molecule has 1 N–H and O–H groups in total. The molecule has 1 aliphatic rings. The Labute approximate surface area is 141 Å². The van der Waals surface area contributed by atoms with Gasteiger partial charge in [-0.25, -0.2) is 0 Å². The van der Waals surface area contributed by atoms with E-state index in [1.807, 2.05) is 10.7 Å². The summed E-state index contributed by atoms with van der Waals surface area (Å²) < 4.78 is 39.5. The molecule has 3 heterocycles. The number of aryl methyl sites for hydroxylation is 1. The predicted octanol–water partition coefficient (Wildman–Crippen LogP) is 2.33. The van der Waals surface area contributed by atoms with Crippen molar-refractivity contribution in [1.29, 1.82) is 0 Å². The zero-order chi connectivity index (χ0) is 18.0. The second-order valence-corrected chi connectivity index (χ2v) is 6.00. The van der Waals surface area contributed by atoms with Gasteiger partial charge in [0, 0.05) is 32.3 Å².